The van der Waals surface area contributed by atoms with E-state index in [4.69, 9.17) is 15.5 Å². The van der Waals surface area contributed by atoms with Gasteiger partial charge in [0.15, 0.2) is 23.0 Å². The van der Waals surface area contributed by atoms with Crippen molar-refractivity contribution >= 4 is 23.2 Å². The highest BCUT2D eigenvalue weighted by atomic mass is 19.1. The van der Waals surface area contributed by atoms with Crippen molar-refractivity contribution < 1.29 is 18.7 Å². The summed E-state index contributed by atoms with van der Waals surface area (Å²) in [4.78, 5) is 41.6. The van der Waals surface area contributed by atoms with Crippen LogP contribution in [0.15, 0.2) is 49.1 Å². The first-order valence-electron chi connectivity index (χ1n) is 14.0. The molecule has 218 valence electrons. The van der Waals surface area contributed by atoms with Gasteiger partial charge in [-0.05, 0) is 56.9 Å². The third-order valence-corrected chi connectivity index (χ3v) is 8.56. The summed E-state index contributed by atoms with van der Waals surface area (Å²) in [5.41, 5.74) is 10.9. The Morgan fingerprint density at radius 2 is 1.84 bits per heavy atom. The average molecular weight is 582 g/mol. The number of nitrogen functional groups attached to an aromatic ring is 1. The largest absolute Gasteiger partial charge is 0.494 e. The first kappa shape index (κ1) is 26.7. The lowest BCUT2D eigenvalue weighted by Gasteiger charge is -2.38. The molecule has 1 aromatic carbocycles. The molecule has 0 aliphatic carbocycles. The van der Waals surface area contributed by atoms with Crippen LogP contribution in [-0.4, -0.2) is 70.5 Å². The van der Waals surface area contributed by atoms with Crippen LogP contribution >= 0.6 is 0 Å². The number of Topliss-reactive ketones (excluding diaryl/α,β-unsaturated/α-hetero) is 1. The number of hydrogen-bond donors (Lipinski definition) is 2. The summed E-state index contributed by atoms with van der Waals surface area (Å²) in [7, 11) is 1.42. The molecule has 13 heteroatoms. The molecule has 0 radical (unpaired) electrons. The number of nitrogens with two attached hydrogens (primary N) is 1. The van der Waals surface area contributed by atoms with Crippen molar-refractivity contribution in [3.63, 3.8) is 0 Å². The molecule has 12 nitrogen and oxygen atoms in total. The Kier molecular flexibility index (Phi) is 6.37. The van der Waals surface area contributed by atoms with Gasteiger partial charge in [0.05, 0.1) is 30.3 Å². The van der Waals surface area contributed by atoms with Crippen molar-refractivity contribution in [3.8, 4) is 28.1 Å². The Morgan fingerprint density at radius 3 is 2.49 bits per heavy atom. The number of pyridine rings is 1. The summed E-state index contributed by atoms with van der Waals surface area (Å²) >= 11 is 0. The fraction of sp³-hybridized carbons (Fsp3) is 0.300. The van der Waals surface area contributed by atoms with Gasteiger partial charge in [-0.25, -0.2) is 14.4 Å². The van der Waals surface area contributed by atoms with Gasteiger partial charge in [0.2, 0.25) is 5.82 Å². The molecule has 0 saturated carbocycles. The molecule has 43 heavy (non-hydrogen) atoms. The Morgan fingerprint density at radius 1 is 1.07 bits per heavy atom. The number of amides is 1. The van der Waals surface area contributed by atoms with Crippen LogP contribution in [0.4, 0.5) is 10.2 Å². The summed E-state index contributed by atoms with van der Waals surface area (Å²) < 4.78 is 20.5. The van der Waals surface area contributed by atoms with Gasteiger partial charge in [0.25, 0.3) is 5.91 Å². The number of hydrogen-bond acceptors (Lipinski definition) is 9. The average Bonchev–Trinajstić information content (AvgIpc) is 3.75. The molecule has 2 aliphatic heterocycles. The topological polar surface area (TPSA) is 157 Å². The number of methoxy groups -OCH3 is 1. The number of nitrogens with zero attached hydrogens (tertiary/aromatic N) is 7. The molecule has 5 aromatic rings. The second-order valence-corrected chi connectivity index (χ2v) is 11.0. The van der Waals surface area contributed by atoms with Crippen molar-refractivity contribution in [1.82, 2.24) is 39.7 Å². The minimum Gasteiger partial charge on any atom is -0.494 e. The highest BCUT2D eigenvalue weighted by Gasteiger charge is 2.45. The van der Waals surface area contributed by atoms with Crippen LogP contribution in [0, 0.1) is 5.82 Å². The Bertz CT molecular complexity index is 1860. The maximum absolute atomic E-state index is 13.9. The minimum absolute atomic E-state index is 0.00776. The summed E-state index contributed by atoms with van der Waals surface area (Å²) in [6.07, 6.45) is 7.72. The number of anilines is 1. The number of benzene rings is 1. The lowest BCUT2D eigenvalue weighted by molar-refractivity contribution is 0.0556. The molecule has 0 spiro atoms. The van der Waals surface area contributed by atoms with E-state index in [-0.39, 0.29) is 47.1 Å². The predicted octanol–water partition coefficient (Wildman–Crippen LogP) is 4.06. The molecular formula is C30H28FN9O3. The molecule has 1 unspecified atom stereocenters. The zero-order valence-corrected chi connectivity index (χ0v) is 23.5. The monoisotopic (exact) mass is 581 g/mol. The lowest BCUT2D eigenvalue weighted by Crippen LogP contribution is -2.46. The maximum Gasteiger partial charge on any atom is 0.291 e. The number of H-pyrrole nitrogens is 1. The quantitative estimate of drug-likeness (QED) is 0.282. The van der Waals surface area contributed by atoms with Crippen molar-refractivity contribution in [3.05, 3.63) is 72.0 Å². The number of aromatic amines is 1. The van der Waals surface area contributed by atoms with Crippen molar-refractivity contribution in [2.75, 3.05) is 12.8 Å². The Hall–Kier alpha value is -5.20. The van der Waals surface area contributed by atoms with Gasteiger partial charge in [0, 0.05) is 40.9 Å². The number of halogens is 1. The second kappa shape index (κ2) is 10.3. The van der Waals surface area contributed by atoms with Crippen molar-refractivity contribution in [2.24, 2.45) is 0 Å². The molecular weight excluding hydrogens is 553 g/mol. The smallest absolute Gasteiger partial charge is 0.291 e. The fourth-order valence-electron chi connectivity index (χ4n) is 6.60. The van der Waals surface area contributed by atoms with Crippen LogP contribution in [-0.2, 0) is 0 Å². The molecule has 2 aliphatic rings. The van der Waals surface area contributed by atoms with E-state index in [1.807, 2.05) is 17.0 Å². The van der Waals surface area contributed by atoms with Gasteiger partial charge in [-0.1, -0.05) is 6.07 Å². The van der Waals surface area contributed by atoms with Gasteiger partial charge < -0.3 is 15.4 Å². The minimum atomic E-state index is -0.446. The highest BCUT2D eigenvalue weighted by Crippen LogP contribution is 2.45. The number of ketones is 1. The van der Waals surface area contributed by atoms with Crippen LogP contribution in [0.25, 0.3) is 28.0 Å². The van der Waals surface area contributed by atoms with E-state index in [1.165, 1.54) is 30.9 Å². The first-order chi connectivity index (χ1) is 20.8. The van der Waals surface area contributed by atoms with E-state index in [2.05, 4.69) is 25.3 Å². The molecule has 3 atom stereocenters. The first-order valence-corrected chi connectivity index (χ1v) is 14.0. The maximum atomic E-state index is 13.9. The lowest BCUT2D eigenvalue weighted by atomic mass is 9.85. The zero-order valence-electron chi connectivity index (χ0n) is 23.5. The standard InChI is InChI=1S/C30H28FN9O3/c1-15(41)25-26(18-9-19-5-6-20(10-18)39(19)30(42)28-34-14-35-38-28)37-29-21(13-36-40(29)27(25)32)17-4-8-23(33-12-17)16-3-7-22(31)24(11-16)43-2/h3-4,7-8,11-14,18-20H,5-6,9-10,32H2,1-2H3,(H,34,35,38)/t18?,19-,20+. The SMILES string of the molecule is COc1cc(-c2ccc(-c3cnn4c(N)c(C(C)=O)c(C5C[C@H]6CC[C@@H](C5)N6C(=O)c5ncn[nH]5)nc34)cn2)ccc1F. The van der Waals surface area contributed by atoms with E-state index in [9.17, 15) is 14.0 Å². The molecule has 4 aromatic heterocycles. The van der Waals surface area contributed by atoms with E-state index >= 15 is 0 Å². The van der Waals surface area contributed by atoms with E-state index in [0.29, 0.717) is 46.6 Å². The predicted molar refractivity (Wildman–Crippen MR) is 154 cm³/mol. The number of carbonyl (C=O) groups excluding carboxylic acids is 2. The fourth-order valence-corrected chi connectivity index (χ4v) is 6.60. The van der Waals surface area contributed by atoms with Gasteiger partial charge in [-0.3, -0.25) is 19.7 Å². The van der Waals surface area contributed by atoms with Crippen LogP contribution in [0.1, 0.15) is 65.2 Å². The normalized spacial score (nSPS) is 19.6. The number of carbonyl (C=O) groups is 2. The molecule has 2 bridgehead atoms. The third-order valence-electron chi connectivity index (χ3n) is 8.56. The second-order valence-electron chi connectivity index (χ2n) is 11.0. The van der Waals surface area contributed by atoms with Crippen LogP contribution in [0.2, 0.25) is 0 Å². The molecule has 1 amide bonds. The summed E-state index contributed by atoms with van der Waals surface area (Å²) in [6.45, 7) is 1.48. The van der Waals surface area contributed by atoms with Gasteiger partial charge in [-0.2, -0.15) is 14.7 Å². The summed E-state index contributed by atoms with van der Waals surface area (Å²) in [6, 6.07) is 8.29. The molecule has 2 fully saturated rings. The Labute approximate surface area is 245 Å². The van der Waals surface area contributed by atoms with Crippen molar-refractivity contribution in [2.45, 2.75) is 50.6 Å². The van der Waals surface area contributed by atoms with E-state index < -0.39 is 5.82 Å². The molecule has 2 saturated heterocycles. The Balaban J connectivity index is 1.24. The summed E-state index contributed by atoms with van der Waals surface area (Å²) in [5, 5.41) is 11.0. The number of fused-ring (bicyclic) bond motifs is 3. The van der Waals surface area contributed by atoms with Crippen LogP contribution in [0.3, 0.4) is 0 Å². The van der Waals surface area contributed by atoms with E-state index in [0.717, 1.165) is 18.4 Å². The number of nitrogens with one attached hydrogen (secondary N) is 1. The molecule has 3 N–H and O–H groups in total. The van der Waals surface area contributed by atoms with Crippen LogP contribution in [0.5, 0.6) is 5.75 Å². The summed E-state index contributed by atoms with van der Waals surface area (Å²) in [5.74, 6) is -0.266. The number of ether oxygens (including phenoxy) is 1. The van der Waals surface area contributed by atoms with E-state index in [1.54, 1.807) is 24.5 Å². The van der Waals surface area contributed by atoms with Crippen LogP contribution < -0.4 is 10.5 Å². The van der Waals surface area contributed by atoms with Crippen molar-refractivity contribution in [1.29, 1.82) is 0 Å². The molecule has 7 rings (SSSR count). The van der Waals surface area contributed by atoms with Gasteiger partial charge in [-0.15, -0.1) is 0 Å². The third kappa shape index (κ3) is 4.39. The van der Waals surface area contributed by atoms with Gasteiger partial charge >= 0.3 is 0 Å². The number of piperidine rings is 1. The number of rotatable bonds is 6. The number of aromatic nitrogens is 7. The zero-order chi connectivity index (χ0) is 29.8. The van der Waals surface area contributed by atoms with Gasteiger partial charge in [0.1, 0.15) is 12.1 Å². The molecule has 6 heterocycles. The highest BCUT2D eigenvalue weighted by molar-refractivity contribution is 6.00.